The van der Waals surface area contributed by atoms with Gasteiger partial charge in [-0.2, -0.15) is 9.29 Å². The average molecular weight is 537 g/mol. The Labute approximate surface area is 214 Å². The van der Waals surface area contributed by atoms with Crippen LogP contribution in [0.4, 0.5) is 5.69 Å². The standard InChI is InChI=1S/C24H26Cl2N4O4S/c1-15(2)24-28-22(29-34-24)12-16-5-8-19(9-6-16)27-23(31)17-4-3-11-30(14-17)35(32,33)21-13-18(25)7-10-20(21)26/h5-10,13,15,17H,3-4,11-12,14H2,1-2H3,(H,27,31)/t17-/m1/s1. The van der Waals surface area contributed by atoms with Crippen molar-refractivity contribution in [2.45, 2.75) is 43.9 Å². The molecule has 1 N–H and O–H groups in total. The van der Waals surface area contributed by atoms with E-state index in [4.69, 9.17) is 27.7 Å². The molecule has 0 bridgehead atoms. The Balaban J connectivity index is 1.39. The molecule has 0 unspecified atom stereocenters. The highest BCUT2D eigenvalue weighted by Crippen LogP contribution is 2.30. The van der Waals surface area contributed by atoms with Gasteiger partial charge in [-0.25, -0.2) is 8.42 Å². The zero-order chi connectivity index (χ0) is 25.2. The van der Waals surface area contributed by atoms with Gasteiger partial charge in [-0.05, 0) is 48.7 Å². The monoisotopic (exact) mass is 536 g/mol. The lowest BCUT2D eigenvalue weighted by Gasteiger charge is -2.31. The summed E-state index contributed by atoms with van der Waals surface area (Å²) in [6.45, 7) is 4.37. The number of carbonyl (C=O) groups is 1. The van der Waals surface area contributed by atoms with Gasteiger partial charge in [0.2, 0.25) is 21.8 Å². The van der Waals surface area contributed by atoms with Crippen molar-refractivity contribution in [3.05, 3.63) is 69.8 Å². The molecule has 1 aliphatic heterocycles. The van der Waals surface area contributed by atoms with E-state index in [0.29, 0.717) is 43.2 Å². The van der Waals surface area contributed by atoms with Gasteiger partial charge in [0.15, 0.2) is 5.82 Å². The molecule has 0 radical (unpaired) electrons. The largest absolute Gasteiger partial charge is 0.339 e. The molecule has 1 aromatic heterocycles. The first kappa shape index (κ1) is 25.6. The summed E-state index contributed by atoms with van der Waals surface area (Å²) in [7, 11) is -3.88. The van der Waals surface area contributed by atoms with Crippen LogP contribution in [0.25, 0.3) is 0 Å². The number of hydrogen-bond donors (Lipinski definition) is 1. The SMILES string of the molecule is CC(C)c1nc(Cc2ccc(NC(=O)[C@@H]3CCCN(S(=O)(=O)c4cc(Cl)ccc4Cl)C3)cc2)no1. The number of rotatable bonds is 7. The summed E-state index contributed by atoms with van der Waals surface area (Å²) in [6, 6.07) is 11.7. The molecular weight excluding hydrogens is 511 g/mol. The highest BCUT2D eigenvalue weighted by atomic mass is 35.5. The first-order valence-corrected chi connectivity index (χ1v) is 13.5. The van der Waals surface area contributed by atoms with Gasteiger partial charge in [-0.1, -0.05) is 54.3 Å². The second-order valence-electron chi connectivity index (χ2n) is 8.84. The van der Waals surface area contributed by atoms with Crippen molar-refractivity contribution in [3.8, 4) is 0 Å². The molecule has 1 fully saturated rings. The van der Waals surface area contributed by atoms with Crippen LogP contribution in [0.5, 0.6) is 0 Å². The van der Waals surface area contributed by atoms with Crippen LogP contribution in [-0.2, 0) is 21.2 Å². The van der Waals surface area contributed by atoms with Gasteiger partial charge < -0.3 is 9.84 Å². The molecule has 3 aromatic rings. The predicted octanol–water partition coefficient (Wildman–Crippen LogP) is 5.13. The van der Waals surface area contributed by atoms with E-state index in [0.717, 1.165) is 5.56 Å². The number of hydrogen-bond acceptors (Lipinski definition) is 6. The number of amides is 1. The van der Waals surface area contributed by atoms with Crippen molar-refractivity contribution in [3.63, 3.8) is 0 Å². The molecule has 0 spiro atoms. The van der Waals surface area contributed by atoms with Gasteiger partial charge in [-0.15, -0.1) is 0 Å². The molecule has 1 amide bonds. The minimum absolute atomic E-state index is 0.0505. The van der Waals surface area contributed by atoms with Gasteiger partial charge in [0, 0.05) is 36.1 Å². The topological polar surface area (TPSA) is 105 Å². The van der Waals surface area contributed by atoms with Crippen molar-refractivity contribution in [2.24, 2.45) is 5.92 Å². The second-order valence-corrected chi connectivity index (χ2v) is 11.6. The maximum absolute atomic E-state index is 13.1. The molecule has 1 saturated heterocycles. The van der Waals surface area contributed by atoms with Crippen LogP contribution in [-0.4, -0.2) is 41.9 Å². The van der Waals surface area contributed by atoms with Crippen LogP contribution < -0.4 is 5.32 Å². The Morgan fingerprint density at radius 2 is 1.94 bits per heavy atom. The third-order valence-electron chi connectivity index (χ3n) is 5.83. The number of anilines is 1. The van der Waals surface area contributed by atoms with Crippen molar-refractivity contribution in [1.82, 2.24) is 14.4 Å². The number of benzene rings is 2. The fourth-order valence-corrected chi connectivity index (χ4v) is 6.16. The summed E-state index contributed by atoms with van der Waals surface area (Å²) in [4.78, 5) is 17.3. The van der Waals surface area contributed by atoms with Gasteiger partial charge in [-0.3, -0.25) is 4.79 Å². The van der Waals surface area contributed by atoms with Crippen molar-refractivity contribution < 1.29 is 17.7 Å². The maximum Gasteiger partial charge on any atom is 0.244 e. The number of sulfonamides is 1. The van der Waals surface area contributed by atoms with Gasteiger partial charge >= 0.3 is 0 Å². The second kappa shape index (κ2) is 10.7. The van der Waals surface area contributed by atoms with Gasteiger partial charge in [0.1, 0.15) is 4.90 Å². The van der Waals surface area contributed by atoms with Crippen LogP contribution in [0.1, 0.15) is 49.9 Å². The molecular formula is C24H26Cl2N4O4S. The van der Waals surface area contributed by atoms with Crippen molar-refractivity contribution >= 4 is 44.8 Å². The summed E-state index contributed by atoms with van der Waals surface area (Å²) in [5.74, 6) is 0.667. The quantitative estimate of drug-likeness (QED) is 0.448. The Bertz CT molecular complexity index is 1310. The number of carbonyl (C=O) groups excluding carboxylic acids is 1. The highest BCUT2D eigenvalue weighted by molar-refractivity contribution is 7.89. The van der Waals surface area contributed by atoms with Crippen molar-refractivity contribution in [1.29, 1.82) is 0 Å². The van der Waals surface area contributed by atoms with Crippen LogP contribution >= 0.6 is 23.2 Å². The smallest absolute Gasteiger partial charge is 0.244 e. The molecule has 2 heterocycles. The summed E-state index contributed by atoms with van der Waals surface area (Å²) >= 11 is 12.1. The number of nitrogens with zero attached hydrogens (tertiary/aromatic N) is 3. The normalized spacial score (nSPS) is 17.0. The number of halogens is 2. The molecule has 0 saturated carbocycles. The van der Waals surface area contributed by atoms with E-state index < -0.39 is 15.9 Å². The van der Waals surface area contributed by atoms with E-state index in [2.05, 4.69) is 15.5 Å². The number of nitrogens with one attached hydrogen (secondary N) is 1. The first-order chi connectivity index (χ1) is 16.6. The van der Waals surface area contributed by atoms with Crippen LogP contribution in [0.3, 0.4) is 0 Å². The van der Waals surface area contributed by atoms with Crippen LogP contribution in [0, 0.1) is 5.92 Å². The zero-order valence-electron chi connectivity index (χ0n) is 19.4. The van der Waals surface area contributed by atoms with E-state index in [-0.39, 0.29) is 33.3 Å². The molecule has 8 nitrogen and oxygen atoms in total. The Morgan fingerprint density at radius 3 is 2.63 bits per heavy atom. The van der Waals surface area contributed by atoms with E-state index in [1.807, 2.05) is 26.0 Å². The number of aromatic nitrogens is 2. The maximum atomic E-state index is 13.1. The van der Waals surface area contributed by atoms with Crippen molar-refractivity contribution in [2.75, 3.05) is 18.4 Å². The summed E-state index contributed by atoms with van der Waals surface area (Å²) in [6.07, 6.45) is 1.68. The fourth-order valence-electron chi connectivity index (χ4n) is 3.90. The highest BCUT2D eigenvalue weighted by Gasteiger charge is 2.34. The molecule has 11 heteroatoms. The lowest BCUT2D eigenvalue weighted by Crippen LogP contribution is -2.43. The van der Waals surface area contributed by atoms with Crippen LogP contribution in [0.15, 0.2) is 51.9 Å². The lowest BCUT2D eigenvalue weighted by atomic mass is 9.98. The summed E-state index contributed by atoms with van der Waals surface area (Å²) < 4.78 is 32.8. The zero-order valence-corrected chi connectivity index (χ0v) is 21.7. The minimum atomic E-state index is -3.88. The Kier molecular flexibility index (Phi) is 7.80. The average Bonchev–Trinajstić information content (AvgIpc) is 3.31. The molecule has 4 rings (SSSR count). The third kappa shape index (κ3) is 6.03. The summed E-state index contributed by atoms with van der Waals surface area (Å²) in [5, 5.41) is 7.27. The molecule has 186 valence electrons. The third-order valence-corrected chi connectivity index (χ3v) is 8.41. The van der Waals surface area contributed by atoms with E-state index in [1.54, 1.807) is 12.1 Å². The van der Waals surface area contributed by atoms with Crippen LogP contribution in [0.2, 0.25) is 10.0 Å². The molecule has 2 aromatic carbocycles. The predicted molar refractivity (Wildman–Crippen MR) is 134 cm³/mol. The lowest BCUT2D eigenvalue weighted by molar-refractivity contribution is -0.120. The summed E-state index contributed by atoms with van der Waals surface area (Å²) in [5.41, 5.74) is 1.61. The number of piperidine rings is 1. The Hall–Kier alpha value is -2.46. The molecule has 0 aliphatic carbocycles. The van der Waals surface area contributed by atoms with E-state index in [9.17, 15) is 13.2 Å². The minimum Gasteiger partial charge on any atom is -0.339 e. The molecule has 35 heavy (non-hydrogen) atoms. The first-order valence-electron chi connectivity index (χ1n) is 11.3. The fraction of sp³-hybridized carbons (Fsp3) is 0.375. The van der Waals surface area contributed by atoms with E-state index in [1.165, 1.54) is 22.5 Å². The van der Waals surface area contributed by atoms with E-state index >= 15 is 0 Å². The molecule has 1 aliphatic rings. The van der Waals surface area contributed by atoms with Gasteiger partial charge in [0.05, 0.1) is 10.9 Å². The Morgan fingerprint density at radius 1 is 1.20 bits per heavy atom. The van der Waals surface area contributed by atoms with Gasteiger partial charge in [0.25, 0.3) is 0 Å². The molecule has 1 atom stereocenters.